The van der Waals surface area contributed by atoms with Gasteiger partial charge < -0.3 is 29.6 Å². The van der Waals surface area contributed by atoms with E-state index in [4.69, 9.17) is 4.74 Å². The van der Waals surface area contributed by atoms with E-state index in [9.17, 15) is 19.8 Å². The van der Waals surface area contributed by atoms with Crippen molar-refractivity contribution in [3.8, 4) is 11.5 Å². The molecule has 1 saturated heterocycles. The van der Waals surface area contributed by atoms with E-state index < -0.39 is 0 Å². The first-order chi connectivity index (χ1) is 17.7. The zero-order valence-electron chi connectivity index (χ0n) is 21.9. The van der Waals surface area contributed by atoms with Crippen molar-refractivity contribution in [1.82, 2.24) is 9.80 Å². The van der Waals surface area contributed by atoms with Crippen molar-refractivity contribution in [3.63, 3.8) is 0 Å². The standard InChI is InChI=1S/C29H37N3O5/c1-20-16-23(27(34)17-26(20)33)29(36)31-18-22-6-4-7-25(24(22)19-31)32(28(35)8-5-12-30(2)3)13-9-21-10-14-37-15-11-21/h4-8,16-17,21,33-34H,9-15,18-19H2,1-3H3. The molecule has 2 aliphatic heterocycles. The van der Waals surface area contributed by atoms with E-state index in [0.717, 1.165) is 49.3 Å². The molecule has 0 bridgehead atoms. The molecule has 1 fully saturated rings. The summed E-state index contributed by atoms with van der Waals surface area (Å²) in [5.74, 6) is -0.163. The third-order valence-electron chi connectivity index (χ3n) is 7.18. The van der Waals surface area contributed by atoms with E-state index in [1.807, 2.05) is 48.2 Å². The zero-order valence-corrected chi connectivity index (χ0v) is 21.9. The summed E-state index contributed by atoms with van der Waals surface area (Å²) in [7, 11) is 3.92. The average Bonchev–Trinajstić information content (AvgIpc) is 3.31. The lowest BCUT2D eigenvalue weighted by atomic mass is 9.96. The molecule has 8 heteroatoms. The number of carbonyl (C=O) groups excluding carboxylic acids is 2. The molecular formula is C29H37N3O5. The normalized spacial score (nSPS) is 15.9. The Kier molecular flexibility index (Phi) is 8.51. The number of hydrogen-bond donors (Lipinski definition) is 2. The smallest absolute Gasteiger partial charge is 0.258 e. The number of carbonyl (C=O) groups is 2. The highest BCUT2D eigenvalue weighted by Gasteiger charge is 2.30. The van der Waals surface area contributed by atoms with Gasteiger partial charge in [0.1, 0.15) is 11.5 Å². The fraction of sp³-hybridized carbons (Fsp3) is 0.448. The summed E-state index contributed by atoms with van der Waals surface area (Å²) in [5, 5.41) is 20.2. The van der Waals surface area contributed by atoms with Crippen LogP contribution in [0.25, 0.3) is 0 Å². The number of amides is 2. The van der Waals surface area contributed by atoms with Gasteiger partial charge in [-0.25, -0.2) is 0 Å². The molecule has 0 spiro atoms. The fourth-order valence-electron chi connectivity index (χ4n) is 4.98. The molecule has 0 aromatic heterocycles. The van der Waals surface area contributed by atoms with Crippen molar-refractivity contribution < 1.29 is 24.5 Å². The summed E-state index contributed by atoms with van der Waals surface area (Å²) < 4.78 is 5.50. The summed E-state index contributed by atoms with van der Waals surface area (Å²) in [6.07, 6.45) is 6.41. The first kappa shape index (κ1) is 26.7. The van der Waals surface area contributed by atoms with Crippen LogP contribution in [-0.2, 0) is 22.6 Å². The summed E-state index contributed by atoms with van der Waals surface area (Å²) in [4.78, 5) is 32.2. The van der Waals surface area contributed by atoms with E-state index >= 15 is 0 Å². The number of phenols is 2. The van der Waals surface area contributed by atoms with Gasteiger partial charge >= 0.3 is 0 Å². The van der Waals surface area contributed by atoms with Gasteiger partial charge in [-0.2, -0.15) is 0 Å². The third kappa shape index (κ3) is 6.32. The van der Waals surface area contributed by atoms with Gasteiger partial charge in [0.15, 0.2) is 0 Å². The van der Waals surface area contributed by atoms with Crippen LogP contribution < -0.4 is 4.90 Å². The highest BCUT2D eigenvalue weighted by atomic mass is 16.5. The van der Waals surface area contributed by atoms with Crippen LogP contribution in [0, 0.1) is 12.8 Å². The largest absolute Gasteiger partial charge is 0.508 e. The average molecular weight is 508 g/mol. The van der Waals surface area contributed by atoms with E-state index in [1.165, 1.54) is 12.1 Å². The number of rotatable bonds is 8. The number of ether oxygens (including phenoxy) is 1. The molecule has 198 valence electrons. The highest BCUT2D eigenvalue weighted by Crippen LogP contribution is 2.35. The SMILES string of the molecule is Cc1cc(C(=O)N2Cc3cccc(N(CCC4CCOCC4)C(=O)C=CCN(C)C)c3C2)c(O)cc1O. The maximum atomic E-state index is 13.4. The van der Waals surface area contributed by atoms with Gasteiger partial charge in [0.2, 0.25) is 0 Å². The van der Waals surface area contributed by atoms with Gasteiger partial charge in [0.05, 0.1) is 5.56 Å². The molecule has 8 nitrogen and oxygen atoms in total. The lowest BCUT2D eigenvalue weighted by molar-refractivity contribution is -0.114. The minimum atomic E-state index is -0.311. The second-order valence-corrected chi connectivity index (χ2v) is 10.2. The van der Waals surface area contributed by atoms with E-state index in [-0.39, 0.29) is 28.9 Å². The topological polar surface area (TPSA) is 93.6 Å². The monoisotopic (exact) mass is 507 g/mol. The summed E-state index contributed by atoms with van der Waals surface area (Å²) in [6.45, 7) is 5.22. The Morgan fingerprint density at radius 3 is 2.59 bits per heavy atom. The molecule has 2 aliphatic rings. The molecule has 2 aromatic carbocycles. The number of likely N-dealkylation sites (N-methyl/N-ethyl adjacent to an activating group) is 1. The maximum Gasteiger partial charge on any atom is 0.258 e. The summed E-state index contributed by atoms with van der Waals surface area (Å²) >= 11 is 0. The maximum absolute atomic E-state index is 13.4. The Hall–Kier alpha value is -3.36. The quantitative estimate of drug-likeness (QED) is 0.528. The first-order valence-electron chi connectivity index (χ1n) is 12.9. The van der Waals surface area contributed by atoms with Crippen molar-refractivity contribution in [2.45, 2.75) is 39.3 Å². The van der Waals surface area contributed by atoms with Crippen LogP contribution in [0.2, 0.25) is 0 Å². The second kappa shape index (κ2) is 11.8. The van der Waals surface area contributed by atoms with Gasteiger partial charge in [-0.1, -0.05) is 18.2 Å². The van der Waals surface area contributed by atoms with Crippen molar-refractivity contribution in [3.05, 3.63) is 64.7 Å². The molecule has 2 N–H and O–H groups in total. The highest BCUT2D eigenvalue weighted by molar-refractivity contribution is 6.02. The minimum absolute atomic E-state index is 0.0537. The third-order valence-corrected chi connectivity index (χ3v) is 7.18. The number of hydrogen-bond acceptors (Lipinski definition) is 6. The van der Waals surface area contributed by atoms with Crippen LogP contribution in [0.5, 0.6) is 11.5 Å². The van der Waals surface area contributed by atoms with E-state index in [1.54, 1.807) is 17.9 Å². The molecule has 2 heterocycles. The summed E-state index contributed by atoms with van der Waals surface area (Å²) in [6, 6.07) is 8.58. The van der Waals surface area contributed by atoms with Gasteiger partial charge in [-0.15, -0.1) is 0 Å². The van der Waals surface area contributed by atoms with Gasteiger partial charge in [-0.3, -0.25) is 9.59 Å². The van der Waals surface area contributed by atoms with Crippen LogP contribution in [0.3, 0.4) is 0 Å². The van der Waals surface area contributed by atoms with E-state index in [0.29, 0.717) is 37.7 Å². The zero-order chi connectivity index (χ0) is 26.5. The summed E-state index contributed by atoms with van der Waals surface area (Å²) in [5.41, 5.74) is 3.44. The Morgan fingerprint density at radius 2 is 1.86 bits per heavy atom. The van der Waals surface area contributed by atoms with Crippen molar-refractivity contribution >= 4 is 17.5 Å². The number of fused-ring (bicyclic) bond motifs is 1. The number of anilines is 1. The molecule has 4 rings (SSSR count). The molecule has 0 saturated carbocycles. The van der Waals surface area contributed by atoms with Gasteiger partial charge in [-0.05, 0) is 69.5 Å². The van der Waals surface area contributed by atoms with Crippen LogP contribution in [0.1, 0.15) is 46.3 Å². The van der Waals surface area contributed by atoms with Crippen molar-refractivity contribution in [1.29, 1.82) is 0 Å². The van der Waals surface area contributed by atoms with Crippen molar-refractivity contribution in [2.24, 2.45) is 5.92 Å². The Labute approximate surface area is 218 Å². The first-order valence-corrected chi connectivity index (χ1v) is 12.9. The van der Waals surface area contributed by atoms with Crippen molar-refractivity contribution in [2.75, 3.05) is 45.3 Å². The molecule has 0 aliphatic carbocycles. The molecule has 0 atom stereocenters. The number of benzene rings is 2. The molecule has 0 unspecified atom stereocenters. The Bertz CT molecular complexity index is 1170. The molecule has 0 radical (unpaired) electrons. The molecule has 2 amide bonds. The fourth-order valence-corrected chi connectivity index (χ4v) is 4.98. The number of aromatic hydroxyl groups is 2. The molecule has 2 aromatic rings. The Morgan fingerprint density at radius 1 is 1.11 bits per heavy atom. The van der Waals surface area contributed by atoms with Crippen LogP contribution in [-0.4, -0.2) is 72.2 Å². The molecule has 37 heavy (non-hydrogen) atoms. The van der Waals surface area contributed by atoms with Gasteiger partial charge in [0.25, 0.3) is 11.8 Å². The lowest BCUT2D eigenvalue weighted by Crippen LogP contribution is -2.33. The molecular weight excluding hydrogens is 470 g/mol. The van der Waals surface area contributed by atoms with Crippen LogP contribution >= 0.6 is 0 Å². The number of phenolic OH excluding ortho intramolecular Hbond substituents is 2. The minimum Gasteiger partial charge on any atom is -0.508 e. The van der Waals surface area contributed by atoms with Gasteiger partial charge in [0, 0.05) is 62.8 Å². The Balaban J connectivity index is 1.58. The predicted molar refractivity (Wildman–Crippen MR) is 143 cm³/mol. The number of aryl methyl sites for hydroxylation is 1. The van der Waals surface area contributed by atoms with Crippen LogP contribution in [0.15, 0.2) is 42.5 Å². The van der Waals surface area contributed by atoms with Crippen LogP contribution in [0.4, 0.5) is 5.69 Å². The van der Waals surface area contributed by atoms with E-state index in [2.05, 4.69) is 0 Å². The lowest BCUT2D eigenvalue weighted by Gasteiger charge is -2.28. The second-order valence-electron chi connectivity index (χ2n) is 10.2. The number of nitrogens with zero attached hydrogens (tertiary/aromatic N) is 3. The predicted octanol–water partition coefficient (Wildman–Crippen LogP) is 3.83.